The normalized spacial score (nSPS) is 11.9. The molecule has 0 aliphatic rings. The molecule has 2 aromatic carbocycles. The minimum absolute atomic E-state index is 0.116. The van der Waals surface area contributed by atoms with Crippen LogP contribution in [0.2, 0.25) is 0 Å². The molecule has 0 spiro atoms. The molecule has 0 aliphatic carbocycles. The topological polar surface area (TPSA) is 58.9 Å². The van der Waals surface area contributed by atoms with Crippen molar-refractivity contribution in [3.05, 3.63) is 54.1 Å². The number of methoxy groups -OCH3 is 1. The zero-order valence-electron chi connectivity index (χ0n) is 10.6. The summed E-state index contributed by atoms with van der Waals surface area (Å²) in [6.45, 7) is 0.116. The fraction of sp³-hybridized carbons (Fsp3) is 0.200. The van der Waals surface area contributed by atoms with Crippen molar-refractivity contribution in [2.24, 2.45) is 0 Å². The number of hydrogen-bond acceptors (Lipinski definition) is 4. The van der Waals surface area contributed by atoms with Gasteiger partial charge in [0, 0.05) is 5.56 Å². The quantitative estimate of drug-likeness (QED) is 0.867. The van der Waals surface area contributed by atoms with Crippen LogP contribution in [0.5, 0.6) is 17.2 Å². The number of aliphatic hydroxyl groups excluding tert-OH is 1. The second-order valence-corrected chi connectivity index (χ2v) is 4.06. The molecule has 0 heterocycles. The molecule has 0 saturated carbocycles. The van der Waals surface area contributed by atoms with Crippen LogP contribution in [0.1, 0.15) is 11.7 Å². The first-order valence-corrected chi connectivity index (χ1v) is 5.93. The SMILES string of the molecule is COc1ccccc1C(O)COc1ccc(O)cc1. The summed E-state index contributed by atoms with van der Waals surface area (Å²) in [6.07, 6.45) is -0.773. The van der Waals surface area contributed by atoms with Gasteiger partial charge in [0.05, 0.1) is 7.11 Å². The van der Waals surface area contributed by atoms with Crippen LogP contribution >= 0.6 is 0 Å². The van der Waals surface area contributed by atoms with E-state index in [1.165, 1.54) is 12.1 Å². The highest BCUT2D eigenvalue weighted by Crippen LogP contribution is 2.25. The van der Waals surface area contributed by atoms with Gasteiger partial charge in [0.25, 0.3) is 0 Å². The third-order valence-electron chi connectivity index (χ3n) is 2.74. The number of ether oxygens (including phenoxy) is 2. The Kier molecular flexibility index (Phi) is 4.26. The molecule has 19 heavy (non-hydrogen) atoms. The van der Waals surface area contributed by atoms with Gasteiger partial charge in [-0.05, 0) is 30.3 Å². The Bertz CT molecular complexity index is 522. The number of phenolic OH excluding ortho intramolecular Hbond substituents is 1. The molecule has 0 aliphatic heterocycles. The molecule has 4 heteroatoms. The molecule has 1 atom stereocenters. The maximum absolute atomic E-state index is 10.1. The van der Waals surface area contributed by atoms with Crippen LogP contribution in [0.4, 0.5) is 0 Å². The highest BCUT2D eigenvalue weighted by atomic mass is 16.5. The van der Waals surface area contributed by atoms with E-state index in [1.807, 2.05) is 12.1 Å². The monoisotopic (exact) mass is 260 g/mol. The molecule has 4 nitrogen and oxygen atoms in total. The minimum Gasteiger partial charge on any atom is -0.508 e. The Hall–Kier alpha value is -2.20. The van der Waals surface area contributed by atoms with Crippen LogP contribution in [0.25, 0.3) is 0 Å². The Balaban J connectivity index is 2.01. The zero-order valence-corrected chi connectivity index (χ0v) is 10.6. The molecule has 2 N–H and O–H groups in total. The smallest absolute Gasteiger partial charge is 0.124 e. The average molecular weight is 260 g/mol. The first-order chi connectivity index (χ1) is 9.20. The van der Waals surface area contributed by atoms with Crippen molar-refractivity contribution >= 4 is 0 Å². The van der Waals surface area contributed by atoms with Crippen molar-refractivity contribution < 1.29 is 19.7 Å². The zero-order chi connectivity index (χ0) is 13.7. The largest absolute Gasteiger partial charge is 0.508 e. The lowest BCUT2D eigenvalue weighted by Crippen LogP contribution is -2.10. The summed E-state index contributed by atoms with van der Waals surface area (Å²) in [5.74, 6) is 1.40. The summed E-state index contributed by atoms with van der Waals surface area (Å²) in [5.41, 5.74) is 0.684. The molecule has 2 rings (SSSR count). The van der Waals surface area contributed by atoms with Gasteiger partial charge >= 0.3 is 0 Å². The van der Waals surface area contributed by atoms with Gasteiger partial charge in [-0.25, -0.2) is 0 Å². The van der Waals surface area contributed by atoms with Crippen molar-refractivity contribution in [3.8, 4) is 17.2 Å². The van der Waals surface area contributed by atoms with Gasteiger partial charge in [0.15, 0.2) is 0 Å². The molecule has 100 valence electrons. The number of phenols is 1. The summed E-state index contributed by atoms with van der Waals surface area (Å²) in [5, 5.41) is 19.3. The van der Waals surface area contributed by atoms with E-state index in [0.29, 0.717) is 17.1 Å². The number of hydrogen-bond donors (Lipinski definition) is 2. The van der Waals surface area contributed by atoms with E-state index in [1.54, 1.807) is 31.4 Å². The van der Waals surface area contributed by atoms with Crippen LogP contribution in [0.15, 0.2) is 48.5 Å². The van der Waals surface area contributed by atoms with Crippen LogP contribution in [-0.4, -0.2) is 23.9 Å². The Morgan fingerprint density at radius 3 is 2.42 bits per heavy atom. The van der Waals surface area contributed by atoms with Gasteiger partial charge in [-0.3, -0.25) is 0 Å². The van der Waals surface area contributed by atoms with Crippen molar-refractivity contribution in [1.82, 2.24) is 0 Å². The minimum atomic E-state index is -0.773. The van der Waals surface area contributed by atoms with Crippen molar-refractivity contribution in [2.75, 3.05) is 13.7 Å². The van der Waals surface area contributed by atoms with Gasteiger partial charge in [-0.2, -0.15) is 0 Å². The van der Waals surface area contributed by atoms with E-state index in [9.17, 15) is 5.11 Å². The summed E-state index contributed by atoms with van der Waals surface area (Å²) in [6, 6.07) is 13.6. The van der Waals surface area contributed by atoms with E-state index in [-0.39, 0.29) is 12.4 Å². The summed E-state index contributed by atoms with van der Waals surface area (Å²) in [4.78, 5) is 0. The fourth-order valence-electron chi connectivity index (χ4n) is 1.75. The highest BCUT2D eigenvalue weighted by molar-refractivity contribution is 5.35. The first-order valence-electron chi connectivity index (χ1n) is 5.93. The third-order valence-corrected chi connectivity index (χ3v) is 2.74. The second-order valence-electron chi connectivity index (χ2n) is 4.06. The molecular weight excluding hydrogens is 244 g/mol. The average Bonchev–Trinajstić information content (AvgIpc) is 2.46. The Labute approximate surface area is 111 Å². The molecule has 0 bridgehead atoms. The van der Waals surface area contributed by atoms with E-state index in [2.05, 4.69) is 0 Å². The Morgan fingerprint density at radius 1 is 1.05 bits per heavy atom. The van der Waals surface area contributed by atoms with Gasteiger partial charge in [-0.1, -0.05) is 18.2 Å². The molecule has 0 aromatic heterocycles. The van der Waals surface area contributed by atoms with Crippen LogP contribution in [0, 0.1) is 0 Å². The number of aromatic hydroxyl groups is 1. The Morgan fingerprint density at radius 2 is 1.74 bits per heavy atom. The molecule has 2 aromatic rings. The molecule has 1 unspecified atom stereocenters. The maximum atomic E-state index is 10.1. The van der Waals surface area contributed by atoms with Crippen molar-refractivity contribution in [1.29, 1.82) is 0 Å². The summed E-state index contributed by atoms with van der Waals surface area (Å²) >= 11 is 0. The van der Waals surface area contributed by atoms with Crippen LogP contribution in [0.3, 0.4) is 0 Å². The fourth-order valence-corrected chi connectivity index (χ4v) is 1.75. The van der Waals surface area contributed by atoms with Crippen molar-refractivity contribution in [3.63, 3.8) is 0 Å². The van der Waals surface area contributed by atoms with E-state index in [4.69, 9.17) is 14.6 Å². The predicted molar refractivity (Wildman–Crippen MR) is 71.6 cm³/mol. The molecule has 0 fully saturated rings. The number of benzene rings is 2. The van der Waals surface area contributed by atoms with E-state index < -0.39 is 6.10 Å². The van der Waals surface area contributed by atoms with Gasteiger partial charge in [0.1, 0.15) is 30.0 Å². The number of rotatable bonds is 5. The van der Waals surface area contributed by atoms with Gasteiger partial charge in [0.2, 0.25) is 0 Å². The van der Waals surface area contributed by atoms with Gasteiger partial charge in [-0.15, -0.1) is 0 Å². The predicted octanol–water partition coefficient (Wildman–Crippen LogP) is 2.51. The molecule has 0 radical (unpaired) electrons. The lowest BCUT2D eigenvalue weighted by atomic mass is 10.1. The first kappa shape index (κ1) is 13.2. The van der Waals surface area contributed by atoms with Crippen molar-refractivity contribution in [2.45, 2.75) is 6.10 Å². The number of para-hydroxylation sites is 1. The third kappa shape index (κ3) is 3.39. The second kappa shape index (κ2) is 6.11. The van der Waals surface area contributed by atoms with E-state index in [0.717, 1.165) is 0 Å². The molecule has 0 saturated heterocycles. The van der Waals surface area contributed by atoms with Gasteiger partial charge < -0.3 is 19.7 Å². The van der Waals surface area contributed by atoms with Crippen LogP contribution in [-0.2, 0) is 0 Å². The summed E-state index contributed by atoms with van der Waals surface area (Å²) in [7, 11) is 1.56. The highest BCUT2D eigenvalue weighted by Gasteiger charge is 2.13. The lowest BCUT2D eigenvalue weighted by molar-refractivity contribution is 0.105. The maximum Gasteiger partial charge on any atom is 0.124 e. The molecular formula is C15H16O4. The van der Waals surface area contributed by atoms with Crippen LogP contribution < -0.4 is 9.47 Å². The standard InChI is InChI=1S/C15H16O4/c1-18-15-5-3-2-4-13(15)14(17)10-19-12-8-6-11(16)7-9-12/h2-9,14,16-17H,10H2,1H3. The van der Waals surface area contributed by atoms with E-state index >= 15 is 0 Å². The molecule has 0 amide bonds. The summed E-state index contributed by atoms with van der Waals surface area (Å²) < 4.78 is 10.6. The number of aliphatic hydroxyl groups is 1. The lowest BCUT2D eigenvalue weighted by Gasteiger charge is -2.15.